The summed E-state index contributed by atoms with van der Waals surface area (Å²) in [4.78, 5) is 10.8. The van der Waals surface area contributed by atoms with Gasteiger partial charge < -0.3 is 19.1 Å². The Labute approximate surface area is 125 Å². The number of ether oxygens (including phenoxy) is 2. The molecule has 0 spiro atoms. The van der Waals surface area contributed by atoms with Crippen LogP contribution in [0.2, 0.25) is 5.02 Å². The SMILES string of the molecule is O=C(O)c1cc(-c2ccc(OC3CCOC3)c(Cl)c2)no1. The highest BCUT2D eigenvalue weighted by Gasteiger charge is 2.19. The van der Waals surface area contributed by atoms with Gasteiger partial charge in [0.05, 0.1) is 18.2 Å². The molecule has 1 saturated heterocycles. The molecule has 0 aliphatic carbocycles. The predicted octanol–water partition coefficient (Wildman–Crippen LogP) is 2.86. The van der Waals surface area contributed by atoms with Crippen LogP contribution in [0.15, 0.2) is 28.8 Å². The average molecular weight is 310 g/mol. The summed E-state index contributed by atoms with van der Waals surface area (Å²) in [6.45, 7) is 1.25. The Morgan fingerprint density at radius 2 is 2.29 bits per heavy atom. The van der Waals surface area contributed by atoms with Crippen molar-refractivity contribution in [2.75, 3.05) is 13.2 Å². The van der Waals surface area contributed by atoms with Gasteiger partial charge in [-0.1, -0.05) is 16.8 Å². The van der Waals surface area contributed by atoms with Crippen molar-refractivity contribution in [3.8, 4) is 17.0 Å². The van der Waals surface area contributed by atoms with E-state index in [9.17, 15) is 4.79 Å². The number of carboxylic acids is 1. The fourth-order valence-electron chi connectivity index (χ4n) is 2.05. The maximum absolute atomic E-state index is 10.8. The molecular weight excluding hydrogens is 298 g/mol. The van der Waals surface area contributed by atoms with Crippen LogP contribution in [-0.4, -0.2) is 35.6 Å². The van der Waals surface area contributed by atoms with Gasteiger partial charge in [-0.25, -0.2) is 4.79 Å². The summed E-state index contributed by atoms with van der Waals surface area (Å²) in [5.74, 6) is -0.816. The molecule has 1 aromatic carbocycles. The first-order valence-corrected chi connectivity index (χ1v) is 6.75. The van der Waals surface area contributed by atoms with Crippen LogP contribution in [0.1, 0.15) is 17.0 Å². The molecule has 0 bridgehead atoms. The molecule has 1 atom stereocenters. The van der Waals surface area contributed by atoms with Crippen LogP contribution in [-0.2, 0) is 4.74 Å². The smallest absolute Gasteiger partial charge is 0.374 e. The van der Waals surface area contributed by atoms with E-state index in [1.54, 1.807) is 18.2 Å². The maximum Gasteiger partial charge on any atom is 0.374 e. The van der Waals surface area contributed by atoms with Gasteiger partial charge in [-0.2, -0.15) is 0 Å². The van der Waals surface area contributed by atoms with E-state index in [1.807, 2.05) is 0 Å². The highest BCUT2D eigenvalue weighted by Crippen LogP contribution is 2.31. The van der Waals surface area contributed by atoms with Crippen molar-refractivity contribution in [3.05, 3.63) is 35.0 Å². The van der Waals surface area contributed by atoms with E-state index in [-0.39, 0.29) is 11.9 Å². The van der Waals surface area contributed by atoms with E-state index in [0.29, 0.717) is 35.2 Å². The van der Waals surface area contributed by atoms with Crippen LogP contribution < -0.4 is 4.74 Å². The second kappa shape index (κ2) is 5.75. The van der Waals surface area contributed by atoms with E-state index in [0.717, 1.165) is 6.42 Å². The molecule has 1 unspecified atom stereocenters. The predicted molar refractivity (Wildman–Crippen MR) is 73.8 cm³/mol. The molecule has 1 N–H and O–H groups in total. The molecule has 1 aliphatic heterocycles. The fourth-order valence-corrected chi connectivity index (χ4v) is 2.28. The summed E-state index contributed by atoms with van der Waals surface area (Å²) >= 11 is 6.19. The Hall–Kier alpha value is -2.05. The Bertz CT molecular complexity index is 663. The van der Waals surface area contributed by atoms with Crippen molar-refractivity contribution in [3.63, 3.8) is 0 Å². The molecule has 110 valence electrons. The molecule has 0 radical (unpaired) electrons. The molecule has 1 fully saturated rings. The minimum Gasteiger partial charge on any atom is -0.486 e. The number of rotatable bonds is 4. The topological polar surface area (TPSA) is 81.8 Å². The summed E-state index contributed by atoms with van der Waals surface area (Å²) in [7, 11) is 0. The zero-order valence-corrected chi connectivity index (χ0v) is 11.7. The molecule has 1 aliphatic rings. The van der Waals surface area contributed by atoms with Gasteiger partial charge in [0.25, 0.3) is 0 Å². The standard InChI is InChI=1S/C14H12ClNO5/c15-10-5-8(11-6-13(14(17)18)21-16-11)1-2-12(10)20-9-3-4-19-7-9/h1-2,5-6,9H,3-4,7H2,(H,17,18). The number of hydrogen-bond acceptors (Lipinski definition) is 5. The lowest BCUT2D eigenvalue weighted by atomic mass is 10.1. The number of aromatic carboxylic acids is 1. The van der Waals surface area contributed by atoms with Gasteiger partial charge in [-0.15, -0.1) is 0 Å². The molecule has 6 nitrogen and oxygen atoms in total. The van der Waals surface area contributed by atoms with E-state index in [1.165, 1.54) is 6.07 Å². The second-order valence-corrected chi connectivity index (χ2v) is 5.04. The quantitative estimate of drug-likeness (QED) is 0.935. The van der Waals surface area contributed by atoms with Gasteiger partial charge >= 0.3 is 5.97 Å². The van der Waals surface area contributed by atoms with E-state index < -0.39 is 5.97 Å². The zero-order chi connectivity index (χ0) is 14.8. The Kier molecular flexibility index (Phi) is 3.81. The van der Waals surface area contributed by atoms with Crippen LogP contribution in [0.25, 0.3) is 11.3 Å². The number of carbonyl (C=O) groups is 1. The number of carboxylic acid groups (broad SMARTS) is 1. The van der Waals surface area contributed by atoms with Crippen LogP contribution in [0.5, 0.6) is 5.75 Å². The van der Waals surface area contributed by atoms with Gasteiger partial charge in [0.1, 0.15) is 17.5 Å². The zero-order valence-electron chi connectivity index (χ0n) is 10.9. The lowest BCUT2D eigenvalue weighted by molar-refractivity contribution is 0.0652. The largest absolute Gasteiger partial charge is 0.486 e. The first kappa shape index (κ1) is 13.9. The highest BCUT2D eigenvalue weighted by molar-refractivity contribution is 6.32. The Morgan fingerprint density at radius 1 is 1.43 bits per heavy atom. The molecule has 0 saturated carbocycles. The lowest BCUT2D eigenvalue weighted by Crippen LogP contribution is -2.15. The van der Waals surface area contributed by atoms with E-state index in [2.05, 4.69) is 5.16 Å². The number of benzene rings is 1. The van der Waals surface area contributed by atoms with Crippen molar-refractivity contribution in [2.24, 2.45) is 0 Å². The number of hydrogen-bond donors (Lipinski definition) is 1. The van der Waals surface area contributed by atoms with Crippen molar-refractivity contribution in [2.45, 2.75) is 12.5 Å². The summed E-state index contributed by atoms with van der Waals surface area (Å²) < 4.78 is 15.7. The average Bonchev–Trinajstić information content (AvgIpc) is 3.12. The first-order chi connectivity index (χ1) is 10.1. The third-order valence-corrected chi connectivity index (χ3v) is 3.43. The van der Waals surface area contributed by atoms with Crippen LogP contribution >= 0.6 is 11.6 Å². The summed E-state index contributed by atoms with van der Waals surface area (Å²) in [6.07, 6.45) is 0.850. The van der Waals surface area contributed by atoms with Crippen molar-refractivity contribution >= 4 is 17.6 Å². The van der Waals surface area contributed by atoms with Crippen LogP contribution in [0, 0.1) is 0 Å². The first-order valence-electron chi connectivity index (χ1n) is 6.38. The van der Waals surface area contributed by atoms with Gasteiger partial charge in [0.15, 0.2) is 0 Å². The minimum absolute atomic E-state index is 0.0130. The maximum atomic E-state index is 10.8. The third kappa shape index (κ3) is 3.01. The molecule has 21 heavy (non-hydrogen) atoms. The van der Waals surface area contributed by atoms with Crippen molar-refractivity contribution < 1.29 is 23.9 Å². The van der Waals surface area contributed by atoms with Gasteiger partial charge in [0.2, 0.25) is 5.76 Å². The molecule has 0 amide bonds. The normalized spacial score (nSPS) is 17.9. The summed E-state index contributed by atoms with van der Waals surface area (Å²) in [5, 5.41) is 12.9. The Balaban J connectivity index is 1.80. The third-order valence-electron chi connectivity index (χ3n) is 3.13. The van der Waals surface area contributed by atoms with Crippen LogP contribution in [0.4, 0.5) is 0 Å². The molecule has 1 aromatic heterocycles. The molecule has 3 rings (SSSR count). The van der Waals surface area contributed by atoms with E-state index >= 15 is 0 Å². The van der Waals surface area contributed by atoms with Gasteiger partial charge in [-0.05, 0) is 18.2 Å². The van der Waals surface area contributed by atoms with Crippen molar-refractivity contribution in [1.29, 1.82) is 0 Å². The second-order valence-electron chi connectivity index (χ2n) is 4.63. The van der Waals surface area contributed by atoms with Crippen LogP contribution in [0.3, 0.4) is 0 Å². The van der Waals surface area contributed by atoms with Gasteiger partial charge in [-0.3, -0.25) is 0 Å². The fraction of sp³-hybridized carbons (Fsp3) is 0.286. The summed E-state index contributed by atoms with van der Waals surface area (Å²) in [5.41, 5.74) is 1.07. The number of aromatic nitrogens is 1. The van der Waals surface area contributed by atoms with E-state index in [4.69, 9.17) is 30.7 Å². The monoisotopic (exact) mass is 309 g/mol. The molecule has 2 aromatic rings. The lowest BCUT2D eigenvalue weighted by Gasteiger charge is -2.13. The molecule has 7 heteroatoms. The summed E-state index contributed by atoms with van der Waals surface area (Å²) in [6, 6.07) is 6.49. The minimum atomic E-state index is -1.17. The Morgan fingerprint density at radius 3 is 2.90 bits per heavy atom. The number of halogens is 1. The van der Waals surface area contributed by atoms with Crippen molar-refractivity contribution in [1.82, 2.24) is 5.16 Å². The number of nitrogens with zero attached hydrogens (tertiary/aromatic N) is 1. The van der Waals surface area contributed by atoms with Gasteiger partial charge in [0, 0.05) is 18.1 Å². The highest BCUT2D eigenvalue weighted by atomic mass is 35.5. The molecule has 2 heterocycles. The molecular formula is C14H12ClNO5.